The van der Waals surface area contributed by atoms with Crippen LogP contribution in [0.2, 0.25) is 0 Å². The Labute approximate surface area is 160 Å². The molecule has 1 aliphatic heterocycles. The van der Waals surface area contributed by atoms with Crippen LogP contribution in [-0.4, -0.2) is 56.8 Å². The molecule has 7 heteroatoms. The summed E-state index contributed by atoms with van der Waals surface area (Å²) in [4.78, 5) is 14.4. The second-order valence-electron chi connectivity index (χ2n) is 6.72. The molecule has 144 valence electrons. The Morgan fingerprint density at radius 2 is 1.70 bits per heavy atom. The lowest BCUT2D eigenvalue weighted by atomic mass is 10.1. The normalized spacial score (nSPS) is 16.2. The van der Waals surface area contributed by atoms with Crippen molar-refractivity contribution < 1.29 is 13.2 Å². The third-order valence-electron chi connectivity index (χ3n) is 4.90. The van der Waals surface area contributed by atoms with E-state index in [-0.39, 0.29) is 10.8 Å². The lowest BCUT2D eigenvalue weighted by Crippen LogP contribution is -2.48. The minimum Gasteiger partial charge on any atom is -0.355 e. The zero-order chi connectivity index (χ0) is 19.4. The van der Waals surface area contributed by atoms with Crippen molar-refractivity contribution in [1.82, 2.24) is 14.5 Å². The van der Waals surface area contributed by atoms with Crippen LogP contribution in [0, 0.1) is 6.92 Å². The standard InChI is InChI=1S/C20H25N3O3S/c1-16-8-9-18(14-19(16)20(24)21-2)27(25,26)23-12-10-22(11-13-23)15-17-6-4-3-5-7-17/h3-9,14H,10-13,15H2,1-2H3,(H,21,24). The molecule has 1 fully saturated rings. The molecule has 1 saturated heterocycles. The zero-order valence-electron chi connectivity index (χ0n) is 15.7. The summed E-state index contributed by atoms with van der Waals surface area (Å²) in [6.45, 7) is 4.87. The highest BCUT2D eigenvalue weighted by molar-refractivity contribution is 7.89. The van der Waals surface area contributed by atoms with E-state index >= 15 is 0 Å². The van der Waals surface area contributed by atoms with E-state index in [9.17, 15) is 13.2 Å². The molecule has 0 bridgehead atoms. The highest BCUT2D eigenvalue weighted by Gasteiger charge is 2.29. The van der Waals surface area contributed by atoms with Gasteiger partial charge in [-0.05, 0) is 30.2 Å². The number of carbonyl (C=O) groups is 1. The zero-order valence-corrected chi connectivity index (χ0v) is 16.5. The Kier molecular flexibility index (Phi) is 5.94. The van der Waals surface area contributed by atoms with Crippen LogP contribution in [0.3, 0.4) is 0 Å². The first-order valence-electron chi connectivity index (χ1n) is 9.01. The average molecular weight is 388 g/mol. The van der Waals surface area contributed by atoms with Gasteiger partial charge >= 0.3 is 0 Å². The predicted molar refractivity (Wildman–Crippen MR) is 105 cm³/mol. The van der Waals surface area contributed by atoms with E-state index in [0.29, 0.717) is 31.7 Å². The Hall–Kier alpha value is -2.22. The molecule has 0 atom stereocenters. The van der Waals surface area contributed by atoms with E-state index < -0.39 is 10.0 Å². The van der Waals surface area contributed by atoms with E-state index in [1.165, 1.54) is 23.0 Å². The van der Waals surface area contributed by atoms with E-state index in [0.717, 1.165) is 12.1 Å². The predicted octanol–water partition coefficient (Wildman–Crippen LogP) is 1.86. The topological polar surface area (TPSA) is 69.7 Å². The van der Waals surface area contributed by atoms with Crippen LogP contribution in [-0.2, 0) is 16.6 Å². The van der Waals surface area contributed by atoms with E-state index in [1.54, 1.807) is 19.1 Å². The van der Waals surface area contributed by atoms with Gasteiger partial charge < -0.3 is 5.32 Å². The maximum absolute atomic E-state index is 13.0. The number of aryl methyl sites for hydroxylation is 1. The number of sulfonamides is 1. The average Bonchev–Trinajstić information content (AvgIpc) is 2.69. The van der Waals surface area contributed by atoms with Crippen molar-refractivity contribution in [2.24, 2.45) is 0 Å². The molecule has 1 amide bonds. The second-order valence-corrected chi connectivity index (χ2v) is 8.66. The molecule has 6 nitrogen and oxygen atoms in total. The van der Waals surface area contributed by atoms with E-state index in [4.69, 9.17) is 0 Å². The molecule has 3 rings (SSSR count). The third-order valence-corrected chi connectivity index (χ3v) is 6.79. The fourth-order valence-corrected chi connectivity index (χ4v) is 4.71. The molecule has 0 saturated carbocycles. The summed E-state index contributed by atoms with van der Waals surface area (Å²) in [6, 6.07) is 14.9. The molecule has 2 aromatic rings. The Bertz CT molecular complexity index is 905. The van der Waals surface area contributed by atoms with Crippen molar-refractivity contribution in [3.8, 4) is 0 Å². The van der Waals surface area contributed by atoms with Gasteiger partial charge in [0.15, 0.2) is 0 Å². The second kappa shape index (κ2) is 8.21. The molecule has 1 N–H and O–H groups in total. The lowest BCUT2D eigenvalue weighted by molar-refractivity contribution is 0.0962. The van der Waals surface area contributed by atoms with Gasteiger partial charge in [0, 0.05) is 45.3 Å². The van der Waals surface area contributed by atoms with Crippen LogP contribution in [0.25, 0.3) is 0 Å². The largest absolute Gasteiger partial charge is 0.355 e. The van der Waals surface area contributed by atoms with Crippen molar-refractivity contribution in [2.45, 2.75) is 18.4 Å². The quantitative estimate of drug-likeness (QED) is 0.850. The first-order chi connectivity index (χ1) is 12.9. The van der Waals surface area contributed by atoms with Crippen LogP contribution in [0.5, 0.6) is 0 Å². The van der Waals surface area contributed by atoms with Crippen LogP contribution >= 0.6 is 0 Å². The molecular formula is C20H25N3O3S. The van der Waals surface area contributed by atoms with Crippen LogP contribution in [0.1, 0.15) is 21.5 Å². The number of hydrogen-bond acceptors (Lipinski definition) is 4. The van der Waals surface area contributed by atoms with Gasteiger partial charge in [0.2, 0.25) is 10.0 Å². The van der Waals surface area contributed by atoms with Crippen molar-refractivity contribution in [3.63, 3.8) is 0 Å². The molecule has 1 aliphatic rings. The SMILES string of the molecule is CNC(=O)c1cc(S(=O)(=O)N2CCN(Cc3ccccc3)CC2)ccc1C. The lowest BCUT2D eigenvalue weighted by Gasteiger charge is -2.34. The van der Waals surface area contributed by atoms with Gasteiger partial charge in [0.25, 0.3) is 5.91 Å². The Morgan fingerprint density at radius 3 is 2.33 bits per heavy atom. The van der Waals surface area contributed by atoms with Crippen LogP contribution in [0.4, 0.5) is 0 Å². The first kappa shape index (κ1) is 19.5. The Morgan fingerprint density at radius 1 is 1.04 bits per heavy atom. The molecule has 0 spiro atoms. The number of piperazine rings is 1. The maximum Gasteiger partial charge on any atom is 0.251 e. The summed E-state index contributed by atoms with van der Waals surface area (Å²) in [5, 5.41) is 2.56. The van der Waals surface area contributed by atoms with E-state index in [1.807, 2.05) is 18.2 Å². The molecule has 0 aliphatic carbocycles. The van der Waals surface area contributed by atoms with Crippen molar-refractivity contribution in [1.29, 1.82) is 0 Å². The van der Waals surface area contributed by atoms with Gasteiger partial charge in [0.05, 0.1) is 4.90 Å². The summed E-state index contributed by atoms with van der Waals surface area (Å²) < 4.78 is 27.5. The number of hydrogen-bond donors (Lipinski definition) is 1. The van der Waals surface area contributed by atoms with Gasteiger partial charge in [-0.3, -0.25) is 9.69 Å². The number of nitrogens with one attached hydrogen (secondary N) is 1. The summed E-state index contributed by atoms with van der Waals surface area (Å²) >= 11 is 0. The van der Waals surface area contributed by atoms with Gasteiger partial charge in [-0.15, -0.1) is 0 Å². The van der Waals surface area contributed by atoms with Gasteiger partial charge in [-0.25, -0.2) is 8.42 Å². The van der Waals surface area contributed by atoms with Gasteiger partial charge in [0.1, 0.15) is 0 Å². The molecular weight excluding hydrogens is 362 g/mol. The summed E-state index contributed by atoms with van der Waals surface area (Å²) in [5.74, 6) is -0.280. The number of carbonyl (C=O) groups excluding carboxylic acids is 1. The summed E-state index contributed by atoms with van der Waals surface area (Å²) in [6.07, 6.45) is 0. The maximum atomic E-state index is 13.0. The van der Waals surface area contributed by atoms with Crippen molar-refractivity contribution >= 4 is 15.9 Å². The van der Waals surface area contributed by atoms with Crippen molar-refractivity contribution in [3.05, 3.63) is 65.2 Å². The van der Waals surface area contributed by atoms with Gasteiger partial charge in [-0.1, -0.05) is 36.4 Å². The highest BCUT2D eigenvalue weighted by Crippen LogP contribution is 2.21. The van der Waals surface area contributed by atoms with Gasteiger partial charge in [-0.2, -0.15) is 4.31 Å². The molecule has 2 aromatic carbocycles. The molecule has 1 heterocycles. The summed E-state index contributed by atoms with van der Waals surface area (Å²) in [5.41, 5.74) is 2.37. The highest BCUT2D eigenvalue weighted by atomic mass is 32.2. The van der Waals surface area contributed by atoms with Crippen molar-refractivity contribution in [2.75, 3.05) is 33.2 Å². The van der Waals surface area contributed by atoms with E-state index in [2.05, 4.69) is 22.3 Å². The number of amides is 1. The fraction of sp³-hybridized carbons (Fsp3) is 0.350. The minimum absolute atomic E-state index is 0.170. The number of benzene rings is 2. The Balaban J connectivity index is 1.71. The monoisotopic (exact) mass is 387 g/mol. The number of rotatable bonds is 5. The summed E-state index contributed by atoms with van der Waals surface area (Å²) in [7, 11) is -2.08. The molecule has 0 radical (unpaired) electrons. The van der Waals surface area contributed by atoms with Crippen LogP contribution in [0.15, 0.2) is 53.4 Å². The smallest absolute Gasteiger partial charge is 0.251 e. The first-order valence-corrected chi connectivity index (χ1v) is 10.4. The minimum atomic E-state index is -3.61. The number of nitrogens with zero attached hydrogens (tertiary/aromatic N) is 2. The third kappa shape index (κ3) is 4.37. The van der Waals surface area contributed by atoms with Crippen LogP contribution < -0.4 is 5.32 Å². The molecule has 0 unspecified atom stereocenters. The molecule has 0 aromatic heterocycles. The molecule has 27 heavy (non-hydrogen) atoms. The fourth-order valence-electron chi connectivity index (χ4n) is 3.26.